The Morgan fingerprint density at radius 1 is 1.05 bits per heavy atom. The number of carbonyl (C=O) groups excluding carboxylic acids is 1. The van der Waals surface area contributed by atoms with Gasteiger partial charge in [0.1, 0.15) is 0 Å². The zero-order valence-electron chi connectivity index (χ0n) is 12.6. The molecule has 0 atom stereocenters. The van der Waals surface area contributed by atoms with Crippen LogP contribution in [0.3, 0.4) is 0 Å². The number of amides is 1. The van der Waals surface area contributed by atoms with Crippen LogP contribution in [0, 0.1) is 5.92 Å². The molecule has 1 heterocycles. The third-order valence-corrected chi connectivity index (χ3v) is 4.39. The highest BCUT2D eigenvalue weighted by Crippen LogP contribution is 2.29. The van der Waals surface area contributed by atoms with Crippen LogP contribution in [0.4, 0.5) is 4.79 Å². The SMILES string of the molecule is CCOC(=O)C1CCC(OC2CCN(C(=O)O)CC2)CC1. The number of rotatable bonds is 4. The molecule has 2 fully saturated rings. The summed E-state index contributed by atoms with van der Waals surface area (Å²) < 4.78 is 11.1. The lowest BCUT2D eigenvalue weighted by molar-refractivity contribution is -0.150. The number of hydrogen-bond acceptors (Lipinski definition) is 4. The molecular weight excluding hydrogens is 274 g/mol. The van der Waals surface area contributed by atoms with Crippen molar-refractivity contribution < 1.29 is 24.2 Å². The standard InChI is InChI=1S/C15H25NO5/c1-2-20-14(17)11-3-5-12(6-4-11)21-13-7-9-16(10-8-13)15(18)19/h11-13H,2-10H2,1H3,(H,18,19). The van der Waals surface area contributed by atoms with E-state index in [0.29, 0.717) is 19.7 Å². The summed E-state index contributed by atoms with van der Waals surface area (Å²) in [4.78, 5) is 24.0. The second kappa shape index (κ2) is 7.64. The van der Waals surface area contributed by atoms with Crippen LogP contribution in [0.1, 0.15) is 45.4 Å². The Kier molecular flexibility index (Phi) is 5.85. The second-order valence-electron chi connectivity index (χ2n) is 5.83. The van der Waals surface area contributed by atoms with Crippen molar-refractivity contribution in [2.75, 3.05) is 19.7 Å². The minimum atomic E-state index is -0.844. The van der Waals surface area contributed by atoms with E-state index in [4.69, 9.17) is 14.6 Å². The topological polar surface area (TPSA) is 76.1 Å². The van der Waals surface area contributed by atoms with Gasteiger partial charge < -0.3 is 19.5 Å². The van der Waals surface area contributed by atoms with Gasteiger partial charge in [0.05, 0.1) is 24.7 Å². The number of likely N-dealkylation sites (tertiary alicyclic amines) is 1. The summed E-state index contributed by atoms with van der Waals surface area (Å²) in [7, 11) is 0. The average molecular weight is 299 g/mol. The van der Waals surface area contributed by atoms with E-state index in [2.05, 4.69) is 0 Å². The molecule has 0 aromatic heterocycles. The molecule has 0 bridgehead atoms. The summed E-state index contributed by atoms with van der Waals surface area (Å²) in [6, 6.07) is 0. The molecular formula is C15H25NO5. The molecule has 21 heavy (non-hydrogen) atoms. The molecule has 6 heteroatoms. The molecule has 0 unspecified atom stereocenters. The Bertz CT molecular complexity index is 357. The van der Waals surface area contributed by atoms with Gasteiger partial charge in [0.15, 0.2) is 0 Å². The summed E-state index contributed by atoms with van der Waals surface area (Å²) in [5, 5.41) is 8.91. The maximum atomic E-state index is 11.7. The monoisotopic (exact) mass is 299 g/mol. The van der Waals surface area contributed by atoms with Crippen LogP contribution in [-0.4, -0.2) is 54.0 Å². The summed E-state index contributed by atoms with van der Waals surface area (Å²) in [5.74, 6) is -0.0515. The highest BCUT2D eigenvalue weighted by molar-refractivity contribution is 5.72. The number of nitrogens with zero attached hydrogens (tertiary/aromatic N) is 1. The lowest BCUT2D eigenvalue weighted by Gasteiger charge is -2.34. The predicted octanol–water partition coefficient (Wildman–Crippen LogP) is 2.27. The molecule has 1 saturated heterocycles. The lowest BCUT2D eigenvalue weighted by Crippen LogP contribution is -2.41. The second-order valence-corrected chi connectivity index (χ2v) is 5.83. The first-order valence-corrected chi connectivity index (χ1v) is 7.90. The molecule has 0 spiro atoms. The van der Waals surface area contributed by atoms with Crippen LogP contribution in [-0.2, 0) is 14.3 Å². The first-order chi connectivity index (χ1) is 10.1. The fourth-order valence-corrected chi connectivity index (χ4v) is 3.15. The van der Waals surface area contributed by atoms with Gasteiger partial charge in [0, 0.05) is 13.1 Å². The van der Waals surface area contributed by atoms with E-state index in [1.165, 1.54) is 4.90 Å². The smallest absolute Gasteiger partial charge is 0.407 e. The Hall–Kier alpha value is -1.30. The number of ether oxygens (including phenoxy) is 2. The van der Waals surface area contributed by atoms with Gasteiger partial charge in [-0.15, -0.1) is 0 Å². The minimum Gasteiger partial charge on any atom is -0.466 e. The van der Waals surface area contributed by atoms with Crippen molar-refractivity contribution in [3.05, 3.63) is 0 Å². The van der Waals surface area contributed by atoms with E-state index in [1.807, 2.05) is 6.92 Å². The Morgan fingerprint density at radius 2 is 1.62 bits per heavy atom. The first kappa shape index (κ1) is 16.1. The van der Waals surface area contributed by atoms with Crippen molar-refractivity contribution in [3.63, 3.8) is 0 Å². The number of hydrogen-bond donors (Lipinski definition) is 1. The number of esters is 1. The number of carboxylic acid groups (broad SMARTS) is 1. The summed E-state index contributed by atoms with van der Waals surface area (Å²) in [6.45, 7) is 3.38. The first-order valence-electron chi connectivity index (χ1n) is 7.90. The van der Waals surface area contributed by atoms with E-state index in [0.717, 1.165) is 38.5 Å². The van der Waals surface area contributed by atoms with Crippen LogP contribution in [0.2, 0.25) is 0 Å². The van der Waals surface area contributed by atoms with Gasteiger partial charge in [-0.1, -0.05) is 0 Å². The molecule has 2 aliphatic rings. The third-order valence-electron chi connectivity index (χ3n) is 4.39. The van der Waals surface area contributed by atoms with Gasteiger partial charge in [-0.05, 0) is 45.4 Å². The molecule has 0 aromatic carbocycles. The highest BCUT2D eigenvalue weighted by Gasteiger charge is 2.30. The van der Waals surface area contributed by atoms with Crippen LogP contribution in [0.5, 0.6) is 0 Å². The van der Waals surface area contributed by atoms with Crippen molar-refractivity contribution in [2.24, 2.45) is 5.92 Å². The largest absolute Gasteiger partial charge is 0.466 e. The molecule has 0 radical (unpaired) electrons. The van der Waals surface area contributed by atoms with Gasteiger partial charge in [0.25, 0.3) is 0 Å². The molecule has 2 rings (SSSR count). The van der Waals surface area contributed by atoms with Crippen molar-refractivity contribution in [1.29, 1.82) is 0 Å². The van der Waals surface area contributed by atoms with Crippen molar-refractivity contribution >= 4 is 12.1 Å². The molecule has 0 aromatic rings. The molecule has 1 aliphatic heterocycles. The summed E-state index contributed by atoms with van der Waals surface area (Å²) in [6.07, 6.45) is 4.50. The van der Waals surface area contributed by atoms with Crippen LogP contribution < -0.4 is 0 Å². The molecule has 6 nitrogen and oxygen atoms in total. The Labute approximate surface area is 125 Å². The maximum absolute atomic E-state index is 11.7. The molecule has 1 amide bonds. The molecule has 1 aliphatic carbocycles. The fourth-order valence-electron chi connectivity index (χ4n) is 3.15. The van der Waals surface area contributed by atoms with Crippen LogP contribution in [0.15, 0.2) is 0 Å². The fraction of sp³-hybridized carbons (Fsp3) is 0.867. The summed E-state index contributed by atoms with van der Waals surface area (Å²) in [5.41, 5.74) is 0. The molecule has 1 saturated carbocycles. The van der Waals surface area contributed by atoms with Gasteiger partial charge in [-0.2, -0.15) is 0 Å². The van der Waals surface area contributed by atoms with Crippen LogP contribution in [0.25, 0.3) is 0 Å². The van der Waals surface area contributed by atoms with Crippen molar-refractivity contribution in [2.45, 2.75) is 57.7 Å². The normalized spacial score (nSPS) is 27.4. The van der Waals surface area contributed by atoms with Crippen molar-refractivity contribution in [1.82, 2.24) is 4.90 Å². The van der Waals surface area contributed by atoms with E-state index < -0.39 is 6.09 Å². The van der Waals surface area contributed by atoms with Crippen LogP contribution >= 0.6 is 0 Å². The summed E-state index contributed by atoms with van der Waals surface area (Å²) >= 11 is 0. The van der Waals surface area contributed by atoms with Gasteiger partial charge in [-0.3, -0.25) is 4.79 Å². The van der Waals surface area contributed by atoms with Gasteiger partial charge >= 0.3 is 12.1 Å². The Morgan fingerprint density at radius 3 is 2.14 bits per heavy atom. The number of piperidine rings is 1. The zero-order chi connectivity index (χ0) is 15.2. The predicted molar refractivity (Wildman–Crippen MR) is 76.1 cm³/mol. The van der Waals surface area contributed by atoms with E-state index in [9.17, 15) is 9.59 Å². The Balaban J connectivity index is 1.67. The quantitative estimate of drug-likeness (QED) is 0.806. The lowest BCUT2D eigenvalue weighted by atomic mass is 9.87. The average Bonchev–Trinajstić information content (AvgIpc) is 2.49. The van der Waals surface area contributed by atoms with E-state index in [-0.39, 0.29) is 24.1 Å². The number of carbonyl (C=O) groups is 2. The zero-order valence-corrected chi connectivity index (χ0v) is 12.6. The van der Waals surface area contributed by atoms with Crippen molar-refractivity contribution in [3.8, 4) is 0 Å². The molecule has 120 valence electrons. The minimum absolute atomic E-state index is 0.0265. The van der Waals surface area contributed by atoms with Gasteiger partial charge in [-0.25, -0.2) is 4.79 Å². The maximum Gasteiger partial charge on any atom is 0.407 e. The van der Waals surface area contributed by atoms with E-state index >= 15 is 0 Å². The van der Waals surface area contributed by atoms with E-state index in [1.54, 1.807) is 0 Å². The highest BCUT2D eigenvalue weighted by atomic mass is 16.5. The third kappa shape index (κ3) is 4.59. The van der Waals surface area contributed by atoms with Gasteiger partial charge in [0.2, 0.25) is 0 Å². The molecule has 1 N–H and O–H groups in total.